The van der Waals surface area contributed by atoms with Crippen molar-refractivity contribution in [2.24, 2.45) is 0 Å². The Kier molecular flexibility index (Phi) is 2.58. The maximum Gasteiger partial charge on any atom is 0.339 e. The number of aromatic nitrogens is 2. The van der Waals surface area contributed by atoms with Crippen LogP contribution in [0.1, 0.15) is 22.5 Å². The molecule has 1 aromatic heterocycles. The number of carboxylic acids is 1. The predicted octanol–water partition coefficient (Wildman–Crippen LogP) is 2.47. The van der Waals surface area contributed by atoms with Crippen LogP contribution in [0.15, 0.2) is 18.2 Å². The Morgan fingerprint density at radius 2 is 2.16 bits per heavy atom. The fourth-order valence-corrected chi connectivity index (χ4v) is 2.42. The molecule has 0 saturated heterocycles. The van der Waals surface area contributed by atoms with Crippen LogP contribution in [0.5, 0.6) is 0 Å². The Balaban J connectivity index is 2.26. The van der Waals surface area contributed by atoms with Crippen LogP contribution >= 0.6 is 0 Å². The van der Waals surface area contributed by atoms with E-state index in [1.165, 1.54) is 0 Å². The highest BCUT2D eigenvalue weighted by molar-refractivity contribution is 5.96. The normalized spacial score (nSPS) is 13.6. The number of aryl methyl sites for hydroxylation is 1. The summed E-state index contributed by atoms with van der Waals surface area (Å²) in [7, 11) is 0. The van der Waals surface area contributed by atoms with Gasteiger partial charge in [0, 0.05) is 12.1 Å². The number of aromatic carboxylic acids is 1. The number of hydrogen-bond donors (Lipinski definition) is 1. The van der Waals surface area contributed by atoms with Crippen molar-refractivity contribution in [1.82, 2.24) is 9.78 Å². The highest BCUT2D eigenvalue weighted by atomic mass is 19.1. The minimum Gasteiger partial charge on any atom is -0.478 e. The van der Waals surface area contributed by atoms with Gasteiger partial charge in [0.15, 0.2) is 0 Å². The fourth-order valence-electron chi connectivity index (χ4n) is 2.42. The number of nitrogens with zero attached hydrogens (tertiary/aromatic N) is 2. The van der Waals surface area contributed by atoms with Crippen LogP contribution in [0.3, 0.4) is 0 Å². The minimum atomic E-state index is -1.16. The van der Waals surface area contributed by atoms with E-state index in [0.29, 0.717) is 18.7 Å². The van der Waals surface area contributed by atoms with Crippen LogP contribution in [-0.2, 0) is 13.0 Å². The molecule has 6 heteroatoms. The van der Waals surface area contributed by atoms with Crippen molar-refractivity contribution < 1.29 is 18.7 Å². The fraction of sp³-hybridized carbons (Fsp3) is 0.231. The van der Waals surface area contributed by atoms with E-state index in [2.05, 4.69) is 5.10 Å². The molecule has 0 aliphatic carbocycles. The summed E-state index contributed by atoms with van der Waals surface area (Å²) in [6.07, 6.45) is 1.40. The van der Waals surface area contributed by atoms with Crippen LogP contribution in [-0.4, -0.2) is 20.9 Å². The van der Waals surface area contributed by atoms with E-state index in [0.717, 1.165) is 24.6 Å². The van der Waals surface area contributed by atoms with Gasteiger partial charge in [0.05, 0.1) is 5.69 Å². The molecule has 3 rings (SSSR count). The topological polar surface area (TPSA) is 55.1 Å². The van der Waals surface area contributed by atoms with Crippen molar-refractivity contribution in [1.29, 1.82) is 0 Å². The third-order valence-electron chi connectivity index (χ3n) is 3.24. The second-order valence-electron chi connectivity index (χ2n) is 4.43. The van der Waals surface area contributed by atoms with Gasteiger partial charge in [-0.1, -0.05) is 0 Å². The molecular weight excluding hydrogens is 254 g/mol. The molecule has 1 aliphatic rings. The maximum absolute atomic E-state index is 13.8. The number of fused-ring (bicyclic) bond motifs is 1. The van der Waals surface area contributed by atoms with Gasteiger partial charge in [0.1, 0.15) is 22.9 Å². The van der Waals surface area contributed by atoms with E-state index in [-0.39, 0.29) is 16.8 Å². The first-order valence-electron chi connectivity index (χ1n) is 5.86. The summed E-state index contributed by atoms with van der Waals surface area (Å²) in [4.78, 5) is 11.3. The van der Waals surface area contributed by atoms with Crippen LogP contribution in [0.4, 0.5) is 8.78 Å². The van der Waals surface area contributed by atoms with Crippen molar-refractivity contribution in [2.75, 3.05) is 0 Å². The lowest BCUT2D eigenvalue weighted by Crippen LogP contribution is -2.02. The summed E-state index contributed by atoms with van der Waals surface area (Å²) < 4.78 is 28.5. The Morgan fingerprint density at radius 3 is 2.89 bits per heavy atom. The van der Waals surface area contributed by atoms with Crippen LogP contribution in [0, 0.1) is 11.6 Å². The smallest absolute Gasteiger partial charge is 0.339 e. The van der Waals surface area contributed by atoms with Crippen molar-refractivity contribution >= 4 is 5.97 Å². The third-order valence-corrected chi connectivity index (χ3v) is 3.24. The van der Waals surface area contributed by atoms with Crippen molar-refractivity contribution in [3.05, 3.63) is 41.1 Å². The summed E-state index contributed by atoms with van der Waals surface area (Å²) in [5.74, 6) is -2.47. The number of carboxylic acid groups (broad SMARTS) is 1. The van der Waals surface area contributed by atoms with Gasteiger partial charge < -0.3 is 5.11 Å². The minimum absolute atomic E-state index is 0.000741. The highest BCUT2D eigenvalue weighted by Crippen LogP contribution is 2.31. The molecule has 19 heavy (non-hydrogen) atoms. The van der Waals surface area contributed by atoms with Gasteiger partial charge in [-0.2, -0.15) is 5.10 Å². The summed E-state index contributed by atoms with van der Waals surface area (Å²) in [6.45, 7) is 0.604. The first-order chi connectivity index (χ1) is 9.08. The quantitative estimate of drug-likeness (QED) is 0.906. The lowest BCUT2D eigenvalue weighted by atomic mass is 10.0. The average Bonchev–Trinajstić information content (AvgIpc) is 2.91. The number of carbonyl (C=O) groups is 1. The van der Waals surface area contributed by atoms with E-state index in [4.69, 9.17) is 0 Å². The Labute approximate surface area is 107 Å². The number of halogens is 2. The largest absolute Gasteiger partial charge is 0.478 e. The Hall–Kier alpha value is -2.24. The molecule has 0 atom stereocenters. The molecule has 98 valence electrons. The first kappa shape index (κ1) is 11.8. The molecule has 0 fully saturated rings. The molecule has 2 aromatic rings. The van der Waals surface area contributed by atoms with E-state index in [1.54, 1.807) is 4.68 Å². The van der Waals surface area contributed by atoms with Gasteiger partial charge in [-0.25, -0.2) is 13.6 Å². The molecule has 4 nitrogen and oxygen atoms in total. The highest BCUT2D eigenvalue weighted by Gasteiger charge is 2.28. The van der Waals surface area contributed by atoms with Gasteiger partial charge in [-0.05, 0) is 31.0 Å². The van der Waals surface area contributed by atoms with Gasteiger partial charge >= 0.3 is 5.97 Å². The van der Waals surface area contributed by atoms with E-state index in [9.17, 15) is 18.7 Å². The van der Waals surface area contributed by atoms with Gasteiger partial charge in [0.2, 0.25) is 0 Å². The molecule has 1 aliphatic heterocycles. The SMILES string of the molecule is O=C(O)c1c(-c2cc(F)ccc2F)nn2c1CCC2. The molecule has 2 heterocycles. The molecule has 0 unspecified atom stereocenters. The zero-order chi connectivity index (χ0) is 13.6. The summed E-state index contributed by atoms with van der Waals surface area (Å²) in [5, 5.41) is 13.4. The van der Waals surface area contributed by atoms with E-state index >= 15 is 0 Å². The van der Waals surface area contributed by atoms with Crippen LogP contribution < -0.4 is 0 Å². The monoisotopic (exact) mass is 264 g/mol. The Morgan fingerprint density at radius 1 is 1.37 bits per heavy atom. The molecule has 0 bridgehead atoms. The van der Waals surface area contributed by atoms with Crippen LogP contribution in [0.25, 0.3) is 11.3 Å². The third kappa shape index (κ3) is 1.80. The molecule has 0 saturated carbocycles. The maximum atomic E-state index is 13.8. The summed E-state index contributed by atoms with van der Waals surface area (Å²) in [6, 6.07) is 2.93. The number of hydrogen-bond acceptors (Lipinski definition) is 2. The van der Waals surface area contributed by atoms with E-state index < -0.39 is 17.6 Å². The average molecular weight is 264 g/mol. The van der Waals surface area contributed by atoms with Crippen molar-refractivity contribution in [3.63, 3.8) is 0 Å². The molecule has 1 aromatic carbocycles. The molecular formula is C13H10F2N2O2. The van der Waals surface area contributed by atoms with Gasteiger partial charge in [-0.3, -0.25) is 4.68 Å². The standard InChI is InChI=1S/C13H10F2N2O2/c14-7-3-4-9(15)8(6-7)12-11(13(18)19)10-2-1-5-17(10)16-12/h3-4,6H,1-2,5H2,(H,18,19). The molecule has 1 N–H and O–H groups in total. The molecule has 0 radical (unpaired) electrons. The lowest BCUT2D eigenvalue weighted by Gasteiger charge is -2.02. The molecule has 0 spiro atoms. The number of rotatable bonds is 2. The number of benzene rings is 1. The summed E-state index contributed by atoms with van der Waals surface area (Å²) in [5.41, 5.74) is 0.437. The second-order valence-corrected chi connectivity index (χ2v) is 4.43. The Bertz CT molecular complexity index is 680. The van der Waals surface area contributed by atoms with Gasteiger partial charge in [-0.15, -0.1) is 0 Å². The van der Waals surface area contributed by atoms with Crippen LogP contribution in [0.2, 0.25) is 0 Å². The molecule has 0 amide bonds. The second kappa shape index (κ2) is 4.15. The van der Waals surface area contributed by atoms with E-state index in [1.807, 2.05) is 0 Å². The summed E-state index contributed by atoms with van der Waals surface area (Å²) >= 11 is 0. The van der Waals surface area contributed by atoms with Gasteiger partial charge in [0.25, 0.3) is 0 Å². The lowest BCUT2D eigenvalue weighted by molar-refractivity contribution is 0.0696. The first-order valence-corrected chi connectivity index (χ1v) is 5.86. The predicted molar refractivity (Wildman–Crippen MR) is 62.9 cm³/mol. The van der Waals surface area contributed by atoms with Crippen molar-refractivity contribution in [2.45, 2.75) is 19.4 Å². The van der Waals surface area contributed by atoms with Crippen molar-refractivity contribution in [3.8, 4) is 11.3 Å². The zero-order valence-electron chi connectivity index (χ0n) is 9.86. The zero-order valence-corrected chi connectivity index (χ0v) is 9.86.